The molecule has 8 nitrogen and oxygen atoms in total. The Morgan fingerprint density at radius 1 is 1.17 bits per heavy atom. The van der Waals surface area contributed by atoms with Gasteiger partial charge in [-0.3, -0.25) is 14.3 Å². The van der Waals surface area contributed by atoms with Crippen LogP contribution in [0.3, 0.4) is 0 Å². The molecule has 0 unspecified atom stereocenters. The highest BCUT2D eigenvalue weighted by atomic mass is 16.5. The summed E-state index contributed by atoms with van der Waals surface area (Å²) in [5.41, 5.74) is 2.87. The summed E-state index contributed by atoms with van der Waals surface area (Å²) >= 11 is 0. The number of anilines is 1. The van der Waals surface area contributed by atoms with Crippen molar-refractivity contribution in [3.8, 4) is 0 Å². The third-order valence-electron chi connectivity index (χ3n) is 5.24. The van der Waals surface area contributed by atoms with Crippen molar-refractivity contribution in [2.45, 2.75) is 33.0 Å². The number of carbonyl (C=O) groups is 2. The second kappa shape index (κ2) is 7.87. The van der Waals surface area contributed by atoms with Gasteiger partial charge in [0.05, 0.1) is 34.7 Å². The minimum absolute atomic E-state index is 0.0278. The van der Waals surface area contributed by atoms with Crippen LogP contribution in [-0.2, 0) is 11.8 Å². The van der Waals surface area contributed by atoms with Crippen molar-refractivity contribution in [1.82, 2.24) is 19.7 Å². The van der Waals surface area contributed by atoms with E-state index < -0.39 is 0 Å². The number of aromatic nitrogens is 3. The second-order valence-corrected chi connectivity index (χ2v) is 7.77. The van der Waals surface area contributed by atoms with Crippen LogP contribution in [0.2, 0.25) is 0 Å². The monoisotopic (exact) mass is 407 g/mol. The molecule has 0 saturated carbocycles. The Labute approximate surface area is 174 Å². The average molecular weight is 407 g/mol. The van der Waals surface area contributed by atoms with Crippen LogP contribution in [0.1, 0.15) is 40.3 Å². The number of morpholine rings is 1. The summed E-state index contributed by atoms with van der Waals surface area (Å²) in [5, 5.41) is 8.04. The molecule has 8 heteroatoms. The maximum absolute atomic E-state index is 13.1. The van der Waals surface area contributed by atoms with Crippen LogP contribution < -0.4 is 5.32 Å². The van der Waals surface area contributed by atoms with Crippen molar-refractivity contribution < 1.29 is 14.3 Å². The first-order valence-corrected chi connectivity index (χ1v) is 9.98. The smallest absolute Gasteiger partial charge is 0.257 e. The lowest BCUT2D eigenvalue weighted by molar-refractivity contribution is -0.0585. The van der Waals surface area contributed by atoms with E-state index in [0.717, 1.165) is 16.7 Å². The van der Waals surface area contributed by atoms with Gasteiger partial charge < -0.3 is 15.0 Å². The standard InChI is InChI=1S/C22H25N5O3/c1-13-11-27(12-14(2)30-13)22(29)17-7-5-6-8-19(17)24-21(28)16-9-18-15(3)25-26(4)20(18)23-10-16/h5-10,13-14H,11-12H2,1-4H3,(H,24,28)/t13-,14+. The molecule has 2 atom stereocenters. The summed E-state index contributed by atoms with van der Waals surface area (Å²) in [6.07, 6.45) is 1.47. The lowest BCUT2D eigenvalue weighted by atomic mass is 10.1. The summed E-state index contributed by atoms with van der Waals surface area (Å²) in [6.45, 7) is 6.82. The molecule has 30 heavy (non-hydrogen) atoms. The molecule has 2 aromatic heterocycles. The third kappa shape index (κ3) is 3.78. The number of carbonyl (C=O) groups excluding carboxylic acids is 2. The molecule has 1 aromatic carbocycles. The van der Waals surface area contributed by atoms with Gasteiger partial charge in [-0.1, -0.05) is 12.1 Å². The number of benzene rings is 1. The van der Waals surface area contributed by atoms with E-state index in [4.69, 9.17) is 4.74 Å². The molecule has 0 aliphatic carbocycles. The van der Waals surface area contributed by atoms with Gasteiger partial charge in [0.25, 0.3) is 11.8 Å². The molecule has 1 aliphatic rings. The number of fused-ring (bicyclic) bond motifs is 1. The van der Waals surface area contributed by atoms with Gasteiger partial charge in [-0.15, -0.1) is 0 Å². The van der Waals surface area contributed by atoms with Gasteiger partial charge in [0, 0.05) is 31.7 Å². The van der Waals surface area contributed by atoms with Crippen molar-refractivity contribution in [3.05, 3.63) is 53.3 Å². The molecule has 0 bridgehead atoms. The van der Waals surface area contributed by atoms with Gasteiger partial charge in [-0.25, -0.2) is 4.98 Å². The Morgan fingerprint density at radius 2 is 1.87 bits per heavy atom. The molecule has 156 valence electrons. The van der Waals surface area contributed by atoms with Gasteiger partial charge in [-0.2, -0.15) is 5.10 Å². The molecule has 1 aliphatic heterocycles. The number of para-hydroxylation sites is 1. The van der Waals surface area contributed by atoms with Crippen molar-refractivity contribution in [3.63, 3.8) is 0 Å². The number of nitrogens with zero attached hydrogens (tertiary/aromatic N) is 4. The van der Waals surface area contributed by atoms with Crippen molar-refractivity contribution >= 4 is 28.5 Å². The van der Waals surface area contributed by atoms with E-state index in [9.17, 15) is 9.59 Å². The zero-order valence-corrected chi connectivity index (χ0v) is 17.5. The van der Waals surface area contributed by atoms with Crippen molar-refractivity contribution in [1.29, 1.82) is 0 Å². The average Bonchev–Trinajstić information content (AvgIpc) is 3.00. The van der Waals surface area contributed by atoms with Gasteiger partial charge >= 0.3 is 0 Å². The van der Waals surface area contributed by atoms with Crippen LogP contribution in [0.25, 0.3) is 11.0 Å². The fourth-order valence-electron chi connectivity index (χ4n) is 3.92. The minimum atomic E-state index is -0.323. The lowest BCUT2D eigenvalue weighted by Gasteiger charge is -2.35. The summed E-state index contributed by atoms with van der Waals surface area (Å²) in [5.74, 6) is -0.443. The van der Waals surface area contributed by atoms with Crippen LogP contribution >= 0.6 is 0 Å². The zero-order valence-electron chi connectivity index (χ0n) is 17.5. The quantitative estimate of drug-likeness (QED) is 0.721. The molecule has 3 heterocycles. The number of hydrogen-bond donors (Lipinski definition) is 1. The van der Waals surface area contributed by atoms with Crippen molar-refractivity contribution in [2.75, 3.05) is 18.4 Å². The predicted molar refractivity (Wildman–Crippen MR) is 114 cm³/mol. The second-order valence-electron chi connectivity index (χ2n) is 7.77. The minimum Gasteiger partial charge on any atom is -0.372 e. The highest BCUT2D eigenvalue weighted by Gasteiger charge is 2.28. The summed E-state index contributed by atoms with van der Waals surface area (Å²) in [7, 11) is 1.82. The molecule has 4 rings (SSSR count). The first-order valence-electron chi connectivity index (χ1n) is 9.98. The third-order valence-corrected chi connectivity index (χ3v) is 5.24. The van der Waals surface area contributed by atoms with Crippen LogP contribution in [0.5, 0.6) is 0 Å². The first kappa shape index (κ1) is 20.0. The van der Waals surface area contributed by atoms with Gasteiger partial charge in [0.15, 0.2) is 5.65 Å². The van der Waals surface area contributed by atoms with E-state index in [-0.39, 0.29) is 24.0 Å². The lowest BCUT2D eigenvalue weighted by Crippen LogP contribution is -2.48. The SMILES string of the molecule is Cc1nn(C)c2ncc(C(=O)Nc3ccccc3C(=O)N3C[C@@H](C)O[C@@H](C)C3)cc12. The largest absolute Gasteiger partial charge is 0.372 e. The number of hydrogen-bond acceptors (Lipinski definition) is 5. The van der Waals surface area contributed by atoms with E-state index in [2.05, 4.69) is 15.4 Å². The van der Waals surface area contributed by atoms with E-state index in [0.29, 0.717) is 29.9 Å². The Morgan fingerprint density at radius 3 is 2.60 bits per heavy atom. The Bertz CT molecular complexity index is 1110. The molecule has 1 fully saturated rings. The van der Waals surface area contributed by atoms with E-state index in [1.54, 1.807) is 39.9 Å². The van der Waals surface area contributed by atoms with E-state index in [1.165, 1.54) is 6.20 Å². The number of rotatable bonds is 3. The highest BCUT2D eigenvalue weighted by Crippen LogP contribution is 2.22. The van der Waals surface area contributed by atoms with Crippen LogP contribution in [0.4, 0.5) is 5.69 Å². The van der Waals surface area contributed by atoms with Crippen LogP contribution in [-0.4, -0.2) is 56.8 Å². The Hall–Kier alpha value is -3.26. The summed E-state index contributed by atoms with van der Waals surface area (Å²) in [4.78, 5) is 32.2. The normalized spacial score (nSPS) is 19.1. The summed E-state index contributed by atoms with van der Waals surface area (Å²) < 4.78 is 7.41. The Kier molecular flexibility index (Phi) is 5.26. The maximum Gasteiger partial charge on any atom is 0.257 e. The van der Waals surface area contributed by atoms with Gasteiger partial charge in [-0.05, 0) is 39.0 Å². The van der Waals surface area contributed by atoms with Gasteiger partial charge in [0.2, 0.25) is 0 Å². The maximum atomic E-state index is 13.1. The fraction of sp³-hybridized carbons (Fsp3) is 0.364. The highest BCUT2D eigenvalue weighted by molar-refractivity contribution is 6.09. The van der Waals surface area contributed by atoms with E-state index >= 15 is 0 Å². The predicted octanol–water partition coefficient (Wildman–Crippen LogP) is 2.78. The molecular formula is C22H25N5O3. The molecule has 0 radical (unpaired) electrons. The first-order chi connectivity index (χ1) is 14.3. The molecule has 1 N–H and O–H groups in total. The number of ether oxygens (including phenoxy) is 1. The van der Waals surface area contributed by atoms with Crippen molar-refractivity contribution in [2.24, 2.45) is 7.05 Å². The fourth-order valence-corrected chi connectivity index (χ4v) is 3.92. The number of aryl methyl sites for hydroxylation is 2. The Balaban J connectivity index is 1.59. The number of nitrogens with one attached hydrogen (secondary N) is 1. The van der Waals surface area contributed by atoms with Gasteiger partial charge in [0.1, 0.15) is 0 Å². The molecule has 2 amide bonds. The molecule has 1 saturated heterocycles. The van der Waals surface area contributed by atoms with Crippen LogP contribution in [0.15, 0.2) is 36.5 Å². The topological polar surface area (TPSA) is 89.3 Å². The zero-order chi connectivity index (χ0) is 21.4. The summed E-state index contributed by atoms with van der Waals surface area (Å²) in [6, 6.07) is 8.83. The number of amides is 2. The molecular weight excluding hydrogens is 382 g/mol. The number of pyridine rings is 1. The molecule has 0 spiro atoms. The molecule has 3 aromatic rings. The van der Waals surface area contributed by atoms with E-state index in [1.807, 2.05) is 27.8 Å². The van der Waals surface area contributed by atoms with Crippen LogP contribution in [0, 0.1) is 6.92 Å².